The van der Waals surface area contributed by atoms with Gasteiger partial charge in [-0.15, -0.1) is 0 Å². The van der Waals surface area contributed by atoms with Crippen molar-refractivity contribution in [2.75, 3.05) is 11.4 Å². The van der Waals surface area contributed by atoms with Gasteiger partial charge in [-0.3, -0.25) is 4.79 Å². The van der Waals surface area contributed by atoms with Crippen LogP contribution >= 0.6 is 0 Å². The Labute approximate surface area is 140 Å². The van der Waals surface area contributed by atoms with E-state index in [0.717, 1.165) is 23.4 Å². The Hall–Kier alpha value is -1.55. The molecule has 1 heterocycles. The fourth-order valence-corrected chi connectivity index (χ4v) is 3.03. The van der Waals surface area contributed by atoms with Crippen LogP contribution in [-0.2, 0) is 4.79 Å². The van der Waals surface area contributed by atoms with Crippen LogP contribution in [0.2, 0.25) is 0 Å². The summed E-state index contributed by atoms with van der Waals surface area (Å²) in [6, 6.07) is 6.02. The molecule has 0 radical (unpaired) electrons. The Kier molecular flexibility index (Phi) is 5.69. The van der Waals surface area contributed by atoms with E-state index in [1.807, 2.05) is 30.0 Å². The van der Waals surface area contributed by atoms with Gasteiger partial charge in [0.15, 0.2) is 6.10 Å². The summed E-state index contributed by atoms with van der Waals surface area (Å²) < 4.78 is 5.89. The minimum Gasteiger partial charge on any atom is -0.478 e. The maximum Gasteiger partial charge on any atom is 0.268 e. The van der Waals surface area contributed by atoms with E-state index in [-0.39, 0.29) is 18.1 Å². The number of hydrogen-bond donors (Lipinski definition) is 1. The molecule has 4 heteroatoms. The number of anilines is 1. The highest BCUT2D eigenvalue weighted by atomic mass is 16.5. The zero-order valence-corrected chi connectivity index (χ0v) is 15.0. The third-order valence-corrected chi connectivity index (χ3v) is 4.16. The molecule has 1 aromatic rings. The number of benzene rings is 1. The van der Waals surface area contributed by atoms with Gasteiger partial charge in [0.1, 0.15) is 5.75 Å². The molecule has 1 aromatic carbocycles. The lowest BCUT2D eigenvalue weighted by Crippen LogP contribution is -2.47. The molecule has 2 rings (SSSR count). The highest BCUT2D eigenvalue weighted by Crippen LogP contribution is 2.37. The first-order valence-corrected chi connectivity index (χ1v) is 8.71. The standard InChI is InChI=1S/C19H30N2O2/c1-6-17-19(22)21(11-13(4)5)16-10-14(7-8-18(16)23-17)15(20)9-12(2)3/h7-8,10,12-13,15,17H,6,9,11,20H2,1-5H3. The van der Waals surface area contributed by atoms with Crippen molar-refractivity contribution in [3.8, 4) is 5.75 Å². The van der Waals surface area contributed by atoms with Crippen molar-refractivity contribution in [3.05, 3.63) is 23.8 Å². The van der Waals surface area contributed by atoms with Gasteiger partial charge >= 0.3 is 0 Å². The maximum atomic E-state index is 12.7. The summed E-state index contributed by atoms with van der Waals surface area (Å²) in [4.78, 5) is 14.6. The highest BCUT2D eigenvalue weighted by Gasteiger charge is 2.33. The number of carbonyl (C=O) groups is 1. The van der Waals surface area contributed by atoms with E-state index in [1.54, 1.807) is 0 Å². The molecule has 1 aliphatic heterocycles. The van der Waals surface area contributed by atoms with E-state index in [2.05, 4.69) is 27.7 Å². The van der Waals surface area contributed by atoms with Gasteiger partial charge in [-0.2, -0.15) is 0 Å². The van der Waals surface area contributed by atoms with Crippen LogP contribution < -0.4 is 15.4 Å². The molecule has 0 fully saturated rings. The first-order valence-electron chi connectivity index (χ1n) is 8.71. The SMILES string of the molecule is CCC1Oc2ccc(C(N)CC(C)C)cc2N(CC(C)C)C1=O. The number of hydrogen-bond acceptors (Lipinski definition) is 3. The Morgan fingerprint density at radius 2 is 1.91 bits per heavy atom. The predicted octanol–water partition coefficient (Wildman–Crippen LogP) is 3.89. The van der Waals surface area contributed by atoms with E-state index in [1.165, 1.54) is 0 Å². The largest absolute Gasteiger partial charge is 0.478 e. The molecule has 0 aliphatic carbocycles. The fraction of sp³-hybridized carbons (Fsp3) is 0.632. The van der Waals surface area contributed by atoms with Gasteiger partial charge in [-0.1, -0.05) is 40.7 Å². The van der Waals surface area contributed by atoms with E-state index in [0.29, 0.717) is 24.8 Å². The molecule has 2 unspecified atom stereocenters. The quantitative estimate of drug-likeness (QED) is 0.865. The summed E-state index contributed by atoms with van der Waals surface area (Å²) in [6.45, 7) is 11.3. The third-order valence-electron chi connectivity index (χ3n) is 4.16. The maximum absolute atomic E-state index is 12.7. The lowest BCUT2D eigenvalue weighted by molar-refractivity contribution is -0.126. The second kappa shape index (κ2) is 7.35. The van der Waals surface area contributed by atoms with Crippen LogP contribution in [0, 0.1) is 11.8 Å². The summed E-state index contributed by atoms with van der Waals surface area (Å²) in [5, 5.41) is 0. The topological polar surface area (TPSA) is 55.6 Å². The van der Waals surface area contributed by atoms with Crippen LogP contribution in [0.3, 0.4) is 0 Å². The number of fused-ring (bicyclic) bond motifs is 1. The van der Waals surface area contributed by atoms with Crippen molar-refractivity contribution in [2.45, 2.75) is 59.6 Å². The second-order valence-corrected chi connectivity index (χ2v) is 7.32. The van der Waals surface area contributed by atoms with Crippen LogP contribution in [0.5, 0.6) is 5.75 Å². The van der Waals surface area contributed by atoms with Crippen molar-refractivity contribution in [2.24, 2.45) is 17.6 Å². The molecule has 0 saturated carbocycles. The minimum absolute atomic E-state index is 0.0137. The third kappa shape index (κ3) is 4.05. The molecule has 0 saturated heterocycles. The zero-order chi connectivity index (χ0) is 17.1. The van der Waals surface area contributed by atoms with Crippen LogP contribution in [0.25, 0.3) is 0 Å². The highest BCUT2D eigenvalue weighted by molar-refractivity contribution is 6.00. The molecule has 1 amide bonds. The van der Waals surface area contributed by atoms with Gasteiger partial charge < -0.3 is 15.4 Å². The molecule has 4 nitrogen and oxygen atoms in total. The van der Waals surface area contributed by atoms with Gasteiger partial charge in [0.25, 0.3) is 5.91 Å². The molecule has 128 valence electrons. The monoisotopic (exact) mass is 318 g/mol. The Morgan fingerprint density at radius 3 is 2.48 bits per heavy atom. The number of amides is 1. The van der Waals surface area contributed by atoms with E-state index in [9.17, 15) is 4.79 Å². The second-order valence-electron chi connectivity index (χ2n) is 7.32. The van der Waals surface area contributed by atoms with Gasteiger partial charge in [-0.25, -0.2) is 0 Å². The molecule has 1 aliphatic rings. The lowest BCUT2D eigenvalue weighted by atomic mass is 9.96. The van der Waals surface area contributed by atoms with Crippen molar-refractivity contribution in [1.29, 1.82) is 0 Å². The molecular weight excluding hydrogens is 288 g/mol. The normalized spacial score (nSPS) is 19.0. The fourth-order valence-electron chi connectivity index (χ4n) is 3.03. The van der Waals surface area contributed by atoms with E-state index >= 15 is 0 Å². The van der Waals surface area contributed by atoms with Crippen LogP contribution in [-0.4, -0.2) is 18.6 Å². The van der Waals surface area contributed by atoms with Gasteiger partial charge in [0.2, 0.25) is 0 Å². The first-order chi connectivity index (χ1) is 10.8. The smallest absolute Gasteiger partial charge is 0.268 e. The van der Waals surface area contributed by atoms with E-state index in [4.69, 9.17) is 10.5 Å². The predicted molar refractivity (Wildman–Crippen MR) is 94.7 cm³/mol. The van der Waals surface area contributed by atoms with Gasteiger partial charge in [0.05, 0.1) is 5.69 Å². The number of nitrogens with two attached hydrogens (primary N) is 1. The van der Waals surface area contributed by atoms with Crippen LogP contribution in [0.1, 0.15) is 59.1 Å². The Bertz CT molecular complexity index is 554. The van der Waals surface area contributed by atoms with Crippen LogP contribution in [0.4, 0.5) is 5.69 Å². The summed E-state index contributed by atoms with van der Waals surface area (Å²) in [5.41, 5.74) is 8.25. The van der Waals surface area contributed by atoms with E-state index < -0.39 is 0 Å². The minimum atomic E-state index is -0.378. The summed E-state index contributed by atoms with van der Waals surface area (Å²) >= 11 is 0. The molecule has 2 N–H and O–H groups in total. The average molecular weight is 318 g/mol. The summed E-state index contributed by atoms with van der Waals surface area (Å²) in [7, 11) is 0. The molecule has 0 aromatic heterocycles. The number of rotatable bonds is 6. The first kappa shape index (κ1) is 17.8. The molecule has 0 bridgehead atoms. The molecule has 2 atom stereocenters. The molecule has 23 heavy (non-hydrogen) atoms. The van der Waals surface area contributed by atoms with Crippen molar-refractivity contribution < 1.29 is 9.53 Å². The zero-order valence-electron chi connectivity index (χ0n) is 15.0. The Morgan fingerprint density at radius 1 is 1.22 bits per heavy atom. The Balaban J connectivity index is 2.37. The van der Waals surface area contributed by atoms with Crippen LogP contribution in [0.15, 0.2) is 18.2 Å². The number of nitrogens with zero attached hydrogens (tertiary/aromatic N) is 1. The molecule has 0 spiro atoms. The summed E-state index contributed by atoms with van der Waals surface area (Å²) in [6.07, 6.45) is 1.23. The molecular formula is C19H30N2O2. The van der Waals surface area contributed by atoms with Crippen molar-refractivity contribution in [3.63, 3.8) is 0 Å². The van der Waals surface area contributed by atoms with Gasteiger partial charge in [0, 0.05) is 12.6 Å². The van der Waals surface area contributed by atoms with Gasteiger partial charge in [-0.05, 0) is 42.4 Å². The lowest BCUT2D eigenvalue weighted by Gasteiger charge is -2.35. The summed E-state index contributed by atoms with van der Waals surface area (Å²) in [5.74, 6) is 1.78. The number of ether oxygens (including phenoxy) is 1. The van der Waals surface area contributed by atoms with Crippen molar-refractivity contribution >= 4 is 11.6 Å². The number of carbonyl (C=O) groups excluding carboxylic acids is 1. The van der Waals surface area contributed by atoms with Crippen molar-refractivity contribution in [1.82, 2.24) is 0 Å². The average Bonchev–Trinajstić information content (AvgIpc) is 2.48.